The number of hydrogen-bond acceptors (Lipinski definition) is 13. The van der Waals surface area contributed by atoms with Gasteiger partial charge in [0.15, 0.2) is 0 Å². The molecule has 1 rings (SSSR count). The highest BCUT2D eigenvalue weighted by atomic mass is 16.7. The number of esters is 3. The van der Waals surface area contributed by atoms with E-state index in [2.05, 4.69) is 105 Å². The van der Waals surface area contributed by atoms with E-state index in [0.717, 1.165) is 43.1 Å². The molecule has 0 spiro atoms. The maximum absolute atomic E-state index is 10.9. The number of alkyl carbamates (subject to hydrolysis) is 1. The van der Waals surface area contributed by atoms with E-state index >= 15 is 0 Å². The van der Waals surface area contributed by atoms with Crippen molar-refractivity contribution in [3.63, 3.8) is 0 Å². The predicted octanol–water partition coefficient (Wildman–Crippen LogP) is 9.60. The van der Waals surface area contributed by atoms with Gasteiger partial charge in [0.05, 0.1) is 53.5 Å². The minimum Gasteiger partial charge on any atom is -0.502 e. The molecule has 15 heteroatoms. The summed E-state index contributed by atoms with van der Waals surface area (Å²) in [5, 5.41) is 2.19. The summed E-state index contributed by atoms with van der Waals surface area (Å²) in [5.74, 6) is -0.386. The van der Waals surface area contributed by atoms with Gasteiger partial charge < -0.3 is 43.4 Å². The summed E-state index contributed by atoms with van der Waals surface area (Å²) in [7, 11) is 11.5. The van der Waals surface area contributed by atoms with Gasteiger partial charge in [-0.1, -0.05) is 65.8 Å². The van der Waals surface area contributed by atoms with Crippen LogP contribution in [0.25, 0.3) is 5.57 Å². The normalized spacial score (nSPS) is 10.3. The summed E-state index contributed by atoms with van der Waals surface area (Å²) in [6.07, 6.45) is 11.9. The van der Waals surface area contributed by atoms with Gasteiger partial charge >= 0.3 is 30.2 Å². The van der Waals surface area contributed by atoms with Crippen LogP contribution in [0.4, 0.5) is 9.59 Å². The lowest BCUT2D eigenvalue weighted by Gasteiger charge is -2.08. The van der Waals surface area contributed by atoms with Crippen molar-refractivity contribution in [2.24, 2.45) is 0 Å². The monoisotopic (exact) mass is 863 g/mol. The Labute approximate surface area is 365 Å². The zero-order valence-electron chi connectivity index (χ0n) is 40.3. The van der Waals surface area contributed by atoms with E-state index in [1.54, 1.807) is 46.0 Å². The van der Waals surface area contributed by atoms with Crippen LogP contribution in [0.3, 0.4) is 0 Å². The molecular weight excluding hydrogens is 789 g/mol. The third kappa shape index (κ3) is 49.7. The summed E-state index contributed by atoms with van der Waals surface area (Å²) in [6, 6.07) is 8.60. The molecule has 0 aliphatic carbocycles. The first-order valence-electron chi connectivity index (χ1n) is 18.7. The summed E-state index contributed by atoms with van der Waals surface area (Å²) in [6.45, 7) is 23.5. The molecule has 2 amide bonds. The van der Waals surface area contributed by atoms with Crippen LogP contribution in [-0.2, 0) is 52.3 Å². The number of rotatable bonds is 8. The van der Waals surface area contributed by atoms with Gasteiger partial charge in [-0.25, -0.2) is 24.0 Å². The minimum absolute atomic E-state index is 0.0810. The molecule has 346 valence electrons. The molecule has 1 N–H and O–H groups in total. The molecule has 1 aromatic rings. The van der Waals surface area contributed by atoms with Gasteiger partial charge in [-0.2, -0.15) is 0 Å². The van der Waals surface area contributed by atoms with Gasteiger partial charge in [0.1, 0.15) is 12.5 Å². The standard InChI is InChI=1S/C11H14.C7H13NO.C6H9NO4.C6H8O5.C6H10O2.C5H10O.C5H10/c1-4-10(3)11-7-5-9(2)6-8-11;1-5-6(2)7(9)8(3)4;1-7-6(9)11-4-3-5(8)10-2;1-9-5(7)3-4-11-6(8)10-2;1-4-5(2)6(7)8-3;1-4-5(2)6-3;1-4-5(2)3/h4-8H,1-3H3;5H,1-4H3;3-4H,1-2H3,(H,7,9);3-4H,1-2H3;4H,1-3H3;4H,1-3H3;4H,1-3H3/b10-4+;6-5+;;;2*5-4+;. The number of amides is 2. The Morgan fingerprint density at radius 1 is 0.574 bits per heavy atom. The lowest BCUT2D eigenvalue weighted by atomic mass is 10.1. The predicted molar refractivity (Wildman–Crippen MR) is 243 cm³/mol. The summed E-state index contributed by atoms with van der Waals surface area (Å²) >= 11 is 0. The Balaban J connectivity index is -0.000000147. The molecule has 0 atom stereocenters. The number of hydrogen-bond donors (Lipinski definition) is 1. The molecule has 0 saturated heterocycles. The van der Waals surface area contributed by atoms with Crippen LogP contribution in [0.1, 0.15) is 87.3 Å². The van der Waals surface area contributed by atoms with Gasteiger partial charge in [0.2, 0.25) is 5.91 Å². The van der Waals surface area contributed by atoms with Crippen molar-refractivity contribution in [3.8, 4) is 0 Å². The number of carbonyl (C=O) groups excluding carboxylic acids is 6. The van der Waals surface area contributed by atoms with Crippen molar-refractivity contribution in [2.75, 3.05) is 56.7 Å². The zero-order chi connectivity index (χ0) is 48.9. The van der Waals surface area contributed by atoms with E-state index in [4.69, 9.17) is 4.74 Å². The highest BCUT2D eigenvalue weighted by Crippen LogP contribution is 2.13. The van der Waals surface area contributed by atoms with Gasteiger partial charge in [-0.15, -0.1) is 0 Å². The highest BCUT2D eigenvalue weighted by Gasteiger charge is 2.03. The van der Waals surface area contributed by atoms with Crippen molar-refractivity contribution < 1.29 is 61.9 Å². The van der Waals surface area contributed by atoms with Gasteiger partial charge in [0.25, 0.3) is 0 Å². The molecule has 0 heterocycles. The number of allylic oxidation sites excluding steroid dienone is 8. The van der Waals surface area contributed by atoms with Gasteiger partial charge in [-0.3, -0.25) is 4.79 Å². The first-order valence-corrected chi connectivity index (χ1v) is 18.7. The fourth-order valence-electron chi connectivity index (χ4n) is 2.40. The number of methoxy groups -OCH3 is 5. The van der Waals surface area contributed by atoms with Gasteiger partial charge in [-0.05, 0) is 94.2 Å². The number of nitrogens with zero attached hydrogens (tertiary/aromatic N) is 1. The van der Waals surface area contributed by atoms with E-state index in [1.165, 1.54) is 50.7 Å². The van der Waals surface area contributed by atoms with Crippen LogP contribution < -0.4 is 5.32 Å². The number of aryl methyl sites for hydroxylation is 1. The molecule has 15 nitrogen and oxygen atoms in total. The largest absolute Gasteiger partial charge is 0.512 e. The quantitative estimate of drug-likeness (QED) is 0.0858. The van der Waals surface area contributed by atoms with Crippen LogP contribution in [0, 0.1) is 6.92 Å². The second-order valence-corrected chi connectivity index (χ2v) is 11.8. The van der Waals surface area contributed by atoms with Crippen molar-refractivity contribution in [1.29, 1.82) is 0 Å². The van der Waals surface area contributed by atoms with E-state index in [1.807, 2.05) is 46.8 Å². The average Bonchev–Trinajstić information content (AvgIpc) is 3.28. The lowest BCUT2D eigenvalue weighted by molar-refractivity contribution is -0.136. The van der Waals surface area contributed by atoms with E-state index in [9.17, 15) is 28.8 Å². The molecule has 61 heavy (non-hydrogen) atoms. The Kier molecular flexibility index (Phi) is 50.4. The number of benzene rings is 1. The topological polar surface area (TPSA) is 182 Å². The molecular formula is C46H74N2O13. The minimum atomic E-state index is -0.884. The van der Waals surface area contributed by atoms with Crippen LogP contribution in [0.5, 0.6) is 0 Å². The summed E-state index contributed by atoms with van der Waals surface area (Å²) in [4.78, 5) is 64.2. The maximum atomic E-state index is 10.9. The average molecular weight is 863 g/mol. The highest BCUT2D eigenvalue weighted by molar-refractivity contribution is 5.92. The smallest absolute Gasteiger partial charge is 0.502 e. The van der Waals surface area contributed by atoms with E-state index in [0.29, 0.717) is 5.57 Å². The Morgan fingerprint density at radius 2 is 1.02 bits per heavy atom. The van der Waals surface area contributed by atoms with Crippen molar-refractivity contribution in [1.82, 2.24) is 10.2 Å². The van der Waals surface area contributed by atoms with Crippen molar-refractivity contribution in [3.05, 3.63) is 113 Å². The molecule has 0 unspecified atom stereocenters. The molecule has 0 saturated carbocycles. The molecule has 0 bridgehead atoms. The lowest BCUT2D eigenvalue weighted by Crippen LogP contribution is -2.22. The van der Waals surface area contributed by atoms with Crippen LogP contribution in [0.15, 0.2) is 102 Å². The van der Waals surface area contributed by atoms with Gasteiger partial charge in [0, 0.05) is 32.3 Å². The number of ether oxygens (including phenoxy) is 7. The first kappa shape index (κ1) is 66.4. The first-order chi connectivity index (χ1) is 28.5. The fourth-order valence-corrected chi connectivity index (χ4v) is 2.40. The van der Waals surface area contributed by atoms with Crippen molar-refractivity contribution >= 4 is 41.6 Å². The Bertz CT molecular complexity index is 1550. The third-order valence-corrected chi connectivity index (χ3v) is 6.88. The molecule has 0 aliphatic rings. The van der Waals surface area contributed by atoms with E-state index < -0.39 is 24.2 Å². The molecule has 0 aromatic heterocycles. The second-order valence-electron chi connectivity index (χ2n) is 11.8. The molecule has 0 radical (unpaired) electrons. The third-order valence-electron chi connectivity index (χ3n) is 6.88. The van der Waals surface area contributed by atoms with Crippen LogP contribution in [-0.4, -0.2) is 97.7 Å². The summed E-state index contributed by atoms with van der Waals surface area (Å²) < 4.78 is 30.2. The van der Waals surface area contributed by atoms with Crippen LogP contribution in [0.2, 0.25) is 0 Å². The zero-order valence-corrected chi connectivity index (χ0v) is 40.3. The fraction of sp³-hybridized carbons (Fsp3) is 0.435. The summed E-state index contributed by atoms with van der Waals surface area (Å²) in [5.41, 5.74) is 6.79. The Morgan fingerprint density at radius 3 is 1.26 bits per heavy atom. The molecule has 1 aromatic carbocycles. The second kappa shape index (κ2) is 46.3. The van der Waals surface area contributed by atoms with Crippen molar-refractivity contribution in [2.45, 2.75) is 83.1 Å². The number of nitrogens with one attached hydrogen (secondary N) is 1. The number of likely N-dealkylation sites (N-methyl/N-ethyl adjacent to an activating group) is 1. The SMILES string of the molecule is C/C=C(\C)C(=O)N(C)C.C/C=C(\C)C(=O)OC.C/C=C(\C)OC.C/C=C(\C)c1ccc(C)cc1.CC=C(C)C.CNC(=O)OC=CC(=O)OC.COC(=O)C=COC(=O)OC. The van der Waals surface area contributed by atoms with E-state index in [-0.39, 0.29) is 11.9 Å². The molecule has 0 aliphatic heterocycles. The molecule has 0 fully saturated rings. The maximum Gasteiger partial charge on any atom is 0.512 e. The van der Waals surface area contributed by atoms with Crippen LogP contribution >= 0.6 is 0 Å². The Hall–Kier alpha value is -6.38. The number of carbonyl (C=O) groups is 6.